The van der Waals surface area contributed by atoms with Gasteiger partial charge in [-0.15, -0.1) is 0 Å². The number of imide groups is 1. The molecule has 23 heavy (non-hydrogen) atoms. The Kier molecular flexibility index (Phi) is 5.60. The van der Waals surface area contributed by atoms with E-state index in [0.717, 1.165) is 5.56 Å². The van der Waals surface area contributed by atoms with Crippen molar-refractivity contribution in [2.24, 2.45) is 5.92 Å². The van der Waals surface area contributed by atoms with Gasteiger partial charge in [0.2, 0.25) is 5.91 Å². The van der Waals surface area contributed by atoms with Crippen molar-refractivity contribution in [1.82, 2.24) is 10.2 Å². The average molecular weight is 339 g/mol. The Morgan fingerprint density at radius 3 is 2.52 bits per heavy atom. The number of carbonyl (C=O) groups excluding carboxylic acids is 3. The smallest absolute Gasteiger partial charge is 0.326 e. The SMILES string of the molecule is CC(C)C(OC(=O)CN1CCC(=O)NC1=O)c1ccc(Cl)cc1. The zero-order valence-electron chi connectivity index (χ0n) is 13.0. The first-order chi connectivity index (χ1) is 10.9. The van der Waals surface area contributed by atoms with Gasteiger partial charge in [-0.2, -0.15) is 0 Å². The van der Waals surface area contributed by atoms with E-state index >= 15 is 0 Å². The van der Waals surface area contributed by atoms with Gasteiger partial charge in [0.15, 0.2) is 0 Å². The maximum Gasteiger partial charge on any atom is 0.326 e. The van der Waals surface area contributed by atoms with E-state index in [9.17, 15) is 14.4 Å². The summed E-state index contributed by atoms with van der Waals surface area (Å²) in [5, 5.41) is 2.78. The maximum atomic E-state index is 12.1. The molecule has 0 bridgehead atoms. The van der Waals surface area contributed by atoms with Crippen LogP contribution in [0.5, 0.6) is 0 Å². The Hall–Kier alpha value is -2.08. The molecule has 0 radical (unpaired) electrons. The minimum Gasteiger partial charge on any atom is -0.456 e. The fraction of sp³-hybridized carbons (Fsp3) is 0.438. The largest absolute Gasteiger partial charge is 0.456 e. The van der Waals surface area contributed by atoms with E-state index in [-0.39, 0.29) is 31.3 Å². The summed E-state index contributed by atoms with van der Waals surface area (Å²) < 4.78 is 5.53. The van der Waals surface area contributed by atoms with Crippen molar-refractivity contribution >= 4 is 29.5 Å². The maximum absolute atomic E-state index is 12.1. The van der Waals surface area contributed by atoms with Crippen LogP contribution in [-0.2, 0) is 14.3 Å². The molecule has 7 heteroatoms. The van der Waals surface area contributed by atoms with E-state index in [0.29, 0.717) is 5.02 Å². The van der Waals surface area contributed by atoms with E-state index in [4.69, 9.17) is 16.3 Å². The Bertz CT molecular complexity index is 601. The molecule has 1 fully saturated rings. The van der Waals surface area contributed by atoms with Crippen LogP contribution in [0.3, 0.4) is 0 Å². The van der Waals surface area contributed by atoms with E-state index in [1.165, 1.54) is 4.90 Å². The van der Waals surface area contributed by atoms with Gasteiger partial charge in [-0.05, 0) is 23.6 Å². The molecule has 1 heterocycles. The Morgan fingerprint density at radius 1 is 1.30 bits per heavy atom. The van der Waals surface area contributed by atoms with Gasteiger partial charge in [0, 0.05) is 18.0 Å². The molecule has 1 saturated heterocycles. The number of nitrogens with one attached hydrogen (secondary N) is 1. The molecule has 2 rings (SSSR count). The van der Waals surface area contributed by atoms with Crippen molar-refractivity contribution in [2.45, 2.75) is 26.4 Å². The summed E-state index contributed by atoms with van der Waals surface area (Å²) in [6.07, 6.45) is -0.238. The van der Waals surface area contributed by atoms with Crippen LogP contribution < -0.4 is 5.32 Å². The number of halogens is 1. The lowest BCUT2D eigenvalue weighted by Gasteiger charge is -2.27. The second kappa shape index (κ2) is 7.46. The Morgan fingerprint density at radius 2 is 1.96 bits per heavy atom. The van der Waals surface area contributed by atoms with Crippen LogP contribution in [0.25, 0.3) is 0 Å². The molecule has 124 valence electrons. The third kappa shape index (κ3) is 4.69. The van der Waals surface area contributed by atoms with Crippen molar-refractivity contribution in [1.29, 1.82) is 0 Å². The molecule has 3 amide bonds. The minimum absolute atomic E-state index is 0.0666. The van der Waals surface area contributed by atoms with Gasteiger partial charge >= 0.3 is 12.0 Å². The second-order valence-electron chi connectivity index (χ2n) is 5.73. The summed E-state index contributed by atoms with van der Waals surface area (Å²) in [6, 6.07) is 6.54. The first-order valence-corrected chi connectivity index (χ1v) is 7.78. The Labute approximate surface area is 139 Å². The van der Waals surface area contributed by atoms with Gasteiger partial charge in [-0.1, -0.05) is 37.6 Å². The number of rotatable bonds is 5. The highest BCUT2D eigenvalue weighted by molar-refractivity contribution is 6.30. The molecule has 1 aromatic rings. The van der Waals surface area contributed by atoms with Gasteiger partial charge in [0.05, 0.1) is 0 Å². The van der Waals surface area contributed by atoms with Crippen LogP contribution in [0.15, 0.2) is 24.3 Å². The van der Waals surface area contributed by atoms with Crippen LogP contribution in [0, 0.1) is 5.92 Å². The lowest BCUT2D eigenvalue weighted by Crippen LogP contribution is -2.51. The fourth-order valence-electron chi connectivity index (χ4n) is 2.33. The minimum atomic E-state index is -0.564. The summed E-state index contributed by atoms with van der Waals surface area (Å²) in [5.74, 6) is -0.777. The predicted octanol–water partition coefficient (Wildman–Crippen LogP) is 2.52. The summed E-state index contributed by atoms with van der Waals surface area (Å²) in [6.45, 7) is 3.92. The highest BCUT2D eigenvalue weighted by Gasteiger charge is 2.27. The van der Waals surface area contributed by atoms with E-state index in [1.807, 2.05) is 26.0 Å². The van der Waals surface area contributed by atoms with Gasteiger partial charge in [-0.3, -0.25) is 14.9 Å². The first kappa shape index (κ1) is 17.3. The van der Waals surface area contributed by atoms with Gasteiger partial charge < -0.3 is 9.64 Å². The van der Waals surface area contributed by atoms with Gasteiger partial charge in [-0.25, -0.2) is 4.79 Å². The molecular weight excluding hydrogens is 320 g/mol. The van der Waals surface area contributed by atoms with Gasteiger partial charge in [0.1, 0.15) is 12.6 Å². The first-order valence-electron chi connectivity index (χ1n) is 7.40. The molecule has 6 nitrogen and oxygen atoms in total. The normalized spacial score (nSPS) is 16.3. The summed E-state index contributed by atoms with van der Waals surface area (Å²) in [5.41, 5.74) is 0.844. The van der Waals surface area contributed by atoms with E-state index < -0.39 is 18.1 Å². The molecule has 1 aromatic carbocycles. The number of carbonyl (C=O) groups is 3. The van der Waals surface area contributed by atoms with E-state index in [2.05, 4.69) is 5.32 Å². The third-order valence-corrected chi connectivity index (χ3v) is 3.78. The molecule has 0 aliphatic carbocycles. The van der Waals surface area contributed by atoms with Crippen molar-refractivity contribution in [2.75, 3.05) is 13.1 Å². The molecule has 0 spiro atoms. The summed E-state index contributed by atoms with van der Waals surface area (Å²) in [4.78, 5) is 36.1. The van der Waals surface area contributed by atoms with E-state index in [1.54, 1.807) is 12.1 Å². The third-order valence-electron chi connectivity index (χ3n) is 3.52. The number of nitrogens with zero attached hydrogens (tertiary/aromatic N) is 1. The standard InChI is InChI=1S/C16H19ClN2O4/c1-10(2)15(11-3-5-12(17)6-4-11)23-14(21)9-19-8-7-13(20)18-16(19)22/h3-6,10,15H,7-9H2,1-2H3,(H,18,20,22). The Balaban J connectivity index is 1.99. The second-order valence-corrected chi connectivity index (χ2v) is 6.17. The molecular formula is C16H19ClN2O4. The number of amides is 3. The molecule has 0 saturated carbocycles. The lowest BCUT2D eigenvalue weighted by molar-refractivity contribution is -0.153. The molecule has 1 aliphatic rings. The molecule has 1 unspecified atom stereocenters. The number of benzene rings is 1. The summed E-state index contributed by atoms with van der Waals surface area (Å²) >= 11 is 5.87. The number of hydrogen-bond donors (Lipinski definition) is 1. The summed E-state index contributed by atoms with van der Waals surface area (Å²) in [7, 11) is 0. The lowest BCUT2D eigenvalue weighted by atomic mass is 9.99. The quantitative estimate of drug-likeness (QED) is 0.837. The number of esters is 1. The molecule has 0 aromatic heterocycles. The monoisotopic (exact) mass is 338 g/mol. The fourth-order valence-corrected chi connectivity index (χ4v) is 2.45. The van der Waals surface area contributed by atoms with Crippen LogP contribution in [0.2, 0.25) is 5.02 Å². The molecule has 1 atom stereocenters. The van der Waals surface area contributed by atoms with Crippen LogP contribution in [-0.4, -0.2) is 35.9 Å². The van der Waals surface area contributed by atoms with Gasteiger partial charge in [0.25, 0.3) is 0 Å². The highest BCUT2D eigenvalue weighted by atomic mass is 35.5. The average Bonchev–Trinajstić information content (AvgIpc) is 2.48. The van der Waals surface area contributed by atoms with Crippen molar-refractivity contribution in [3.05, 3.63) is 34.9 Å². The number of ether oxygens (including phenoxy) is 1. The predicted molar refractivity (Wildman–Crippen MR) is 84.9 cm³/mol. The number of hydrogen-bond acceptors (Lipinski definition) is 4. The topological polar surface area (TPSA) is 75.7 Å². The number of urea groups is 1. The highest BCUT2D eigenvalue weighted by Crippen LogP contribution is 2.27. The van der Waals surface area contributed by atoms with Crippen LogP contribution in [0.4, 0.5) is 4.79 Å². The zero-order chi connectivity index (χ0) is 17.0. The van der Waals surface area contributed by atoms with Crippen LogP contribution >= 0.6 is 11.6 Å². The zero-order valence-corrected chi connectivity index (χ0v) is 13.8. The van der Waals surface area contributed by atoms with Crippen LogP contribution in [0.1, 0.15) is 31.9 Å². The van der Waals surface area contributed by atoms with Crippen molar-refractivity contribution in [3.8, 4) is 0 Å². The molecule has 1 N–H and O–H groups in total. The van der Waals surface area contributed by atoms with Crippen molar-refractivity contribution < 1.29 is 19.1 Å². The molecule has 1 aliphatic heterocycles. The van der Waals surface area contributed by atoms with Crippen molar-refractivity contribution in [3.63, 3.8) is 0 Å².